The van der Waals surface area contributed by atoms with Crippen LogP contribution in [0.1, 0.15) is 5.56 Å². The molecule has 0 atom stereocenters. The van der Waals surface area contributed by atoms with Gasteiger partial charge in [-0.15, -0.1) is 0 Å². The van der Waals surface area contributed by atoms with Crippen molar-refractivity contribution in [3.05, 3.63) is 78.4 Å². The third kappa shape index (κ3) is 5.32. The zero-order valence-electron chi connectivity index (χ0n) is 17.0. The van der Waals surface area contributed by atoms with Crippen LogP contribution in [0.2, 0.25) is 0 Å². The Balaban J connectivity index is 1.64. The van der Waals surface area contributed by atoms with Crippen molar-refractivity contribution in [2.24, 2.45) is 0 Å². The maximum absolute atomic E-state index is 12.3. The van der Waals surface area contributed by atoms with Gasteiger partial charge in [0, 0.05) is 11.8 Å². The van der Waals surface area contributed by atoms with Crippen LogP contribution in [0.25, 0.3) is 6.08 Å². The molecule has 0 heterocycles. The Morgan fingerprint density at radius 3 is 1.97 bits per heavy atom. The lowest BCUT2D eigenvalue weighted by Gasteiger charge is -2.12. The van der Waals surface area contributed by atoms with Crippen LogP contribution in [0.3, 0.4) is 0 Å². The van der Waals surface area contributed by atoms with E-state index in [9.17, 15) is 4.79 Å². The van der Waals surface area contributed by atoms with Crippen molar-refractivity contribution < 1.29 is 23.7 Å². The van der Waals surface area contributed by atoms with E-state index in [2.05, 4.69) is 5.32 Å². The van der Waals surface area contributed by atoms with Gasteiger partial charge in [0.15, 0.2) is 11.5 Å². The third-order valence-corrected chi connectivity index (χ3v) is 4.21. The fourth-order valence-corrected chi connectivity index (χ4v) is 2.78. The van der Waals surface area contributed by atoms with Gasteiger partial charge >= 0.3 is 0 Å². The number of carbonyl (C=O) groups excluding carboxylic acids is 1. The van der Waals surface area contributed by atoms with Crippen molar-refractivity contribution >= 4 is 17.7 Å². The normalized spacial score (nSPS) is 10.5. The molecule has 3 aromatic carbocycles. The van der Waals surface area contributed by atoms with Crippen LogP contribution in [0, 0.1) is 0 Å². The predicted octanol–water partition coefficient (Wildman–Crippen LogP) is 5.16. The van der Waals surface area contributed by atoms with Crippen LogP contribution in [0.15, 0.2) is 72.8 Å². The lowest BCUT2D eigenvalue weighted by atomic mass is 10.1. The number of amides is 1. The molecule has 0 saturated carbocycles. The fourth-order valence-electron chi connectivity index (χ4n) is 2.78. The van der Waals surface area contributed by atoms with Gasteiger partial charge in [-0.2, -0.15) is 0 Å². The Labute approximate surface area is 175 Å². The topological polar surface area (TPSA) is 66.0 Å². The third-order valence-electron chi connectivity index (χ3n) is 4.21. The zero-order chi connectivity index (χ0) is 21.3. The van der Waals surface area contributed by atoms with Crippen molar-refractivity contribution in [2.45, 2.75) is 0 Å². The van der Waals surface area contributed by atoms with E-state index in [1.54, 1.807) is 63.8 Å². The Bertz CT molecular complexity index is 989. The standard InChI is InChI=1S/C24H23NO5/c1-27-21-15-17(16-22(28-2)24(21)29-3)9-14-23(26)25-18-10-12-20(13-11-18)30-19-7-5-4-6-8-19/h4-16H,1-3H3,(H,25,26). The highest BCUT2D eigenvalue weighted by molar-refractivity contribution is 6.02. The minimum Gasteiger partial charge on any atom is -0.493 e. The molecule has 30 heavy (non-hydrogen) atoms. The van der Waals surface area contributed by atoms with Crippen molar-refractivity contribution in [1.29, 1.82) is 0 Å². The minimum absolute atomic E-state index is 0.263. The fraction of sp³-hybridized carbons (Fsp3) is 0.125. The number of benzene rings is 3. The summed E-state index contributed by atoms with van der Waals surface area (Å²) in [5.74, 6) is 2.71. The Morgan fingerprint density at radius 1 is 0.800 bits per heavy atom. The number of hydrogen-bond donors (Lipinski definition) is 1. The predicted molar refractivity (Wildman–Crippen MR) is 117 cm³/mol. The number of para-hydroxylation sites is 1. The molecule has 0 unspecified atom stereocenters. The summed E-state index contributed by atoms with van der Waals surface area (Å²) in [6.07, 6.45) is 3.11. The van der Waals surface area contributed by atoms with E-state index < -0.39 is 0 Å². The SMILES string of the molecule is COc1cc(C=CC(=O)Nc2ccc(Oc3ccccc3)cc2)cc(OC)c1OC. The van der Waals surface area contributed by atoms with E-state index in [1.807, 2.05) is 30.3 Å². The van der Waals surface area contributed by atoms with Gasteiger partial charge in [-0.3, -0.25) is 4.79 Å². The maximum Gasteiger partial charge on any atom is 0.248 e. The maximum atomic E-state index is 12.3. The van der Waals surface area contributed by atoms with Gasteiger partial charge in [0.25, 0.3) is 0 Å². The molecule has 6 heteroatoms. The number of nitrogens with one attached hydrogen (secondary N) is 1. The van der Waals surface area contributed by atoms with E-state index in [-0.39, 0.29) is 5.91 Å². The van der Waals surface area contributed by atoms with Gasteiger partial charge in [0.05, 0.1) is 21.3 Å². The highest BCUT2D eigenvalue weighted by atomic mass is 16.5. The first-order chi connectivity index (χ1) is 14.6. The van der Waals surface area contributed by atoms with Gasteiger partial charge in [-0.1, -0.05) is 18.2 Å². The summed E-state index contributed by atoms with van der Waals surface area (Å²) in [7, 11) is 4.63. The molecule has 0 aliphatic rings. The Hall–Kier alpha value is -3.93. The molecule has 3 aromatic rings. The van der Waals surface area contributed by atoms with E-state index >= 15 is 0 Å². The molecule has 154 valence electrons. The van der Waals surface area contributed by atoms with Crippen molar-refractivity contribution in [2.75, 3.05) is 26.6 Å². The van der Waals surface area contributed by atoms with Crippen LogP contribution < -0.4 is 24.3 Å². The summed E-state index contributed by atoms with van der Waals surface area (Å²) in [4.78, 5) is 12.3. The molecule has 0 aromatic heterocycles. The first-order valence-electron chi connectivity index (χ1n) is 9.25. The second kappa shape index (κ2) is 10.0. The summed E-state index contributed by atoms with van der Waals surface area (Å²) in [5, 5.41) is 2.81. The first kappa shape index (κ1) is 20.8. The molecule has 0 spiro atoms. The summed E-state index contributed by atoms with van der Waals surface area (Å²) in [6.45, 7) is 0. The molecule has 0 fully saturated rings. The smallest absolute Gasteiger partial charge is 0.248 e. The number of methoxy groups -OCH3 is 3. The number of ether oxygens (including phenoxy) is 4. The summed E-state index contributed by atoms with van der Waals surface area (Å²) in [6, 6.07) is 20.2. The van der Waals surface area contributed by atoms with Crippen LogP contribution in [0.4, 0.5) is 5.69 Å². The van der Waals surface area contributed by atoms with Gasteiger partial charge in [0.2, 0.25) is 11.7 Å². The first-order valence-corrected chi connectivity index (χ1v) is 9.25. The largest absolute Gasteiger partial charge is 0.493 e. The molecule has 6 nitrogen and oxygen atoms in total. The molecular formula is C24H23NO5. The molecule has 0 aliphatic heterocycles. The highest BCUT2D eigenvalue weighted by Crippen LogP contribution is 2.38. The van der Waals surface area contributed by atoms with Crippen molar-refractivity contribution in [1.82, 2.24) is 0 Å². The average Bonchev–Trinajstić information content (AvgIpc) is 2.78. The van der Waals surface area contributed by atoms with Crippen molar-refractivity contribution in [3.63, 3.8) is 0 Å². The summed E-state index contributed by atoms with van der Waals surface area (Å²) in [5.41, 5.74) is 1.40. The van der Waals surface area contributed by atoms with Crippen LogP contribution >= 0.6 is 0 Å². The second-order valence-corrected chi connectivity index (χ2v) is 6.22. The molecule has 0 radical (unpaired) electrons. The van der Waals surface area contributed by atoms with Gasteiger partial charge in [0.1, 0.15) is 11.5 Å². The molecular weight excluding hydrogens is 382 g/mol. The second-order valence-electron chi connectivity index (χ2n) is 6.22. The summed E-state index contributed by atoms with van der Waals surface area (Å²) >= 11 is 0. The van der Waals surface area contributed by atoms with E-state index in [0.29, 0.717) is 28.7 Å². The van der Waals surface area contributed by atoms with Crippen molar-refractivity contribution in [3.8, 4) is 28.7 Å². The average molecular weight is 405 g/mol. The molecule has 0 bridgehead atoms. The number of carbonyl (C=O) groups is 1. The van der Waals surface area contributed by atoms with Crippen LogP contribution in [0.5, 0.6) is 28.7 Å². The van der Waals surface area contributed by atoms with E-state index in [4.69, 9.17) is 18.9 Å². The quantitative estimate of drug-likeness (QED) is 0.525. The molecule has 0 saturated heterocycles. The molecule has 1 amide bonds. The molecule has 0 aliphatic carbocycles. The molecule has 3 rings (SSSR count). The minimum atomic E-state index is -0.263. The number of hydrogen-bond acceptors (Lipinski definition) is 5. The number of anilines is 1. The Morgan fingerprint density at radius 2 is 1.40 bits per heavy atom. The lowest BCUT2D eigenvalue weighted by molar-refractivity contribution is -0.111. The zero-order valence-corrected chi connectivity index (χ0v) is 17.0. The monoisotopic (exact) mass is 405 g/mol. The van der Waals surface area contributed by atoms with E-state index in [1.165, 1.54) is 6.08 Å². The highest BCUT2D eigenvalue weighted by Gasteiger charge is 2.12. The molecule has 1 N–H and O–H groups in total. The van der Waals surface area contributed by atoms with Crippen LogP contribution in [-0.4, -0.2) is 27.2 Å². The van der Waals surface area contributed by atoms with Gasteiger partial charge in [-0.25, -0.2) is 0 Å². The Kier molecular flexibility index (Phi) is 6.95. The van der Waals surface area contributed by atoms with Gasteiger partial charge < -0.3 is 24.3 Å². The van der Waals surface area contributed by atoms with Gasteiger partial charge in [-0.05, 0) is 60.2 Å². The summed E-state index contributed by atoms with van der Waals surface area (Å²) < 4.78 is 21.7. The number of rotatable bonds is 8. The van der Waals surface area contributed by atoms with Crippen LogP contribution in [-0.2, 0) is 4.79 Å². The van der Waals surface area contributed by atoms with E-state index in [0.717, 1.165) is 11.3 Å². The lowest BCUT2D eigenvalue weighted by Crippen LogP contribution is -2.07.